The second-order valence-electron chi connectivity index (χ2n) is 8.36. The Labute approximate surface area is 229 Å². The van der Waals surface area contributed by atoms with Gasteiger partial charge in [0.1, 0.15) is 17.3 Å². The summed E-state index contributed by atoms with van der Waals surface area (Å²) in [5, 5.41) is 18.9. The predicted molar refractivity (Wildman–Crippen MR) is 152 cm³/mol. The first-order chi connectivity index (χ1) is 19.1. The summed E-state index contributed by atoms with van der Waals surface area (Å²) >= 11 is 1.23. The summed E-state index contributed by atoms with van der Waals surface area (Å²) in [6.07, 6.45) is 4.91. The smallest absolute Gasteiger partial charge is 0.267 e. The fraction of sp³-hybridized carbons (Fsp3) is 0.100. The fourth-order valence-corrected chi connectivity index (χ4v) is 4.69. The first kappa shape index (κ1) is 25.9. The third kappa shape index (κ3) is 6.58. The number of benzene rings is 3. The van der Waals surface area contributed by atoms with Crippen molar-refractivity contribution in [3.8, 4) is 23.0 Å². The summed E-state index contributed by atoms with van der Waals surface area (Å²) in [5.41, 5.74) is 1.51. The highest BCUT2D eigenvalue weighted by molar-refractivity contribution is 8.18. The van der Waals surface area contributed by atoms with E-state index in [1.807, 2.05) is 61.5 Å². The molecule has 1 aromatic heterocycles. The van der Waals surface area contributed by atoms with Gasteiger partial charge in [-0.25, -0.2) is 0 Å². The molecule has 1 aliphatic rings. The van der Waals surface area contributed by atoms with E-state index in [1.165, 1.54) is 28.9 Å². The molecule has 0 saturated carbocycles. The maximum atomic E-state index is 13.4. The minimum Gasteiger partial charge on any atom is -0.504 e. The van der Waals surface area contributed by atoms with Crippen molar-refractivity contribution in [3.63, 3.8) is 0 Å². The average Bonchev–Trinajstić information content (AvgIpc) is 3.56. The lowest BCUT2D eigenvalue weighted by Crippen LogP contribution is -2.28. The predicted octanol–water partition coefficient (Wildman–Crippen LogP) is 6.68. The number of phenols is 1. The van der Waals surface area contributed by atoms with Crippen LogP contribution in [0.3, 0.4) is 0 Å². The monoisotopic (exact) mass is 539 g/mol. The van der Waals surface area contributed by atoms with Gasteiger partial charge in [0.2, 0.25) is 0 Å². The summed E-state index contributed by atoms with van der Waals surface area (Å²) in [5.74, 6) is 2.23. The molecule has 2 heterocycles. The van der Waals surface area contributed by atoms with E-state index in [2.05, 4.69) is 10.2 Å². The van der Waals surface area contributed by atoms with Crippen LogP contribution in [0.1, 0.15) is 23.8 Å². The van der Waals surface area contributed by atoms with Crippen molar-refractivity contribution >= 4 is 35.1 Å². The van der Waals surface area contributed by atoms with E-state index in [9.17, 15) is 9.90 Å². The lowest BCUT2D eigenvalue weighted by Gasteiger charge is -2.12. The highest BCUT2D eigenvalue weighted by Crippen LogP contribution is 2.34. The molecule has 9 heteroatoms. The van der Waals surface area contributed by atoms with Crippen molar-refractivity contribution in [2.45, 2.75) is 13.5 Å². The number of amidine groups is 1. The third-order valence-electron chi connectivity index (χ3n) is 5.55. The molecule has 0 atom stereocenters. The lowest BCUT2D eigenvalue weighted by atomic mass is 10.2. The van der Waals surface area contributed by atoms with Crippen molar-refractivity contribution in [1.82, 2.24) is 4.90 Å². The molecule has 1 saturated heterocycles. The number of rotatable bonds is 9. The molecular weight excluding hydrogens is 514 g/mol. The largest absolute Gasteiger partial charge is 0.504 e. The zero-order valence-electron chi connectivity index (χ0n) is 21.1. The van der Waals surface area contributed by atoms with E-state index < -0.39 is 0 Å². The van der Waals surface area contributed by atoms with Gasteiger partial charge in [0.25, 0.3) is 5.91 Å². The van der Waals surface area contributed by atoms with E-state index in [4.69, 9.17) is 13.9 Å². The van der Waals surface area contributed by atoms with E-state index in [0.29, 0.717) is 39.5 Å². The van der Waals surface area contributed by atoms with Crippen molar-refractivity contribution < 1.29 is 23.8 Å². The first-order valence-electron chi connectivity index (χ1n) is 12.2. The van der Waals surface area contributed by atoms with Crippen LogP contribution in [0.15, 0.2) is 111 Å². The van der Waals surface area contributed by atoms with Crippen LogP contribution in [-0.4, -0.2) is 33.9 Å². The standard InChI is InChI=1S/C30H25N3O5S/c1-2-36-27-17-22(13-14-26(27)34)19-31-32-30-33(20-25-12-7-15-37-25)29(35)28(39-30)18-21-8-6-11-24(16-21)38-23-9-4-3-5-10-23/h3-19,34H,2,20H2,1H3/b28-18-,31-19+,32-30-. The minimum absolute atomic E-state index is 0.0508. The zero-order valence-corrected chi connectivity index (χ0v) is 21.9. The van der Waals surface area contributed by atoms with Crippen molar-refractivity contribution in [2.24, 2.45) is 10.2 Å². The number of hydrogen-bond donors (Lipinski definition) is 1. The van der Waals surface area contributed by atoms with Crippen LogP contribution in [0.5, 0.6) is 23.0 Å². The lowest BCUT2D eigenvalue weighted by molar-refractivity contribution is -0.122. The number of carbonyl (C=O) groups is 1. The van der Waals surface area contributed by atoms with Gasteiger partial charge in [-0.15, -0.1) is 5.10 Å². The molecule has 1 fully saturated rings. The van der Waals surface area contributed by atoms with Crippen LogP contribution in [0.25, 0.3) is 6.08 Å². The van der Waals surface area contributed by atoms with Gasteiger partial charge in [0.05, 0.1) is 30.5 Å². The van der Waals surface area contributed by atoms with Gasteiger partial charge in [-0.2, -0.15) is 5.10 Å². The van der Waals surface area contributed by atoms with Crippen molar-refractivity contribution in [3.05, 3.63) is 113 Å². The number of furan rings is 1. The highest BCUT2D eigenvalue weighted by atomic mass is 32.2. The number of ether oxygens (including phenoxy) is 2. The summed E-state index contributed by atoms with van der Waals surface area (Å²) in [4.78, 5) is 15.4. The molecule has 0 spiro atoms. The Kier molecular flexibility index (Phi) is 8.09. The normalized spacial score (nSPS) is 15.5. The molecule has 0 radical (unpaired) electrons. The number of carbonyl (C=O) groups excluding carboxylic acids is 1. The van der Waals surface area contributed by atoms with Gasteiger partial charge in [0.15, 0.2) is 16.7 Å². The number of hydrogen-bond acceptors (Lipinski definition) is 8. The Balaban J connectivity index is 1.39. The molecular formula is C30H25N3O5S. The number of nitrogens with zero attached hydrogens (tertiary/aromatic N) is 3. The molecule has 0 bridgehead atoms. The summed E-state index contributed by atoms with van der Waals surface area (Å²) in [7, 11) is 0. The Morgan fingerprint density at radius 1 is 0.974 bits per heavy atom. The SMILES string of the molecule is CCOc1cc(/C=N/N=C2\S/C(=C\c3cccc(Oc4ccccc4)c3)C(=O)N2Cc2ccco2)ccc1O. The van der Waals surface area contributed by atoms with Crippen molar-refractivity contribution in [1.29, 1.82) is 0 Å². The van der Waals surface area contributed by atoms with Crippen LogP contribution in [0.2, 0.25) is 0 Å². The van der Waals surface area contributed by atoms with E-state index in [1.54, 1.807) is 36.6 Å². The van der Waals surface area contributed by atoms with Crippen LogP contribution in [0.4, 0.5) is 0 Å². The Hall–Kier alpha value is -4.76. The molecule has 0 unspecified atom stereocenters. The quantitative estimate of drug-likeness (QED) is 0.145. The Morgan fingerprint density at radius 3 is 2.62 bits per heavy atom. The minimum atomic E-state index is -0.206. The summed E-state index contributed by atoms with van der Waals surface area (Å²) in [6.45, 7) is 2.48. The Bertz CT molecular complexity index is 1530. The molecule has 3 aromatic carbocycles. The summed E-state index contributed by atoms with van der Waals surface area (Å²) < 4.78 is 16.8. The number of amides is 1. The third-order valence-corrected chi connectivity index (χ3v) is 6.55. The average molecular weight is 540 g/mol. The fourth-order valence-electron chi connectivity index (χ4n) is 3.75. The topological polar surface area (TPSA) is 96.9 Å². The van der Waals surface area contributed by atoms with Crippen LogP contribution < -0.4 is 9.47 Å². The number of aromatic hydroxyl groups is 1. The highest BCUT2D eigenvalue weighted by Gasteiger charge is 2.34. The number of thioether (sulfide) groups is 1. The molecule has 1 aliphatic heterocycles. The van der Waals surface area contributed by atoms with Gasteiger partial charge >= 0.3 is 0 Å². The molecule has 5 rings (SSSR count). The first-order valence-corrected chi connectivity index (χ1v) is 13.0. The van der Waals surface area contributed by atoms with E-state index in [-0.39, 0.29) is 18.2 Å². The van der Waals surface area contributed by atoms with Gasteiger partial charge < -0.3 is 19.0 Å². The molecule has 8 nitrogen and oxygen atoms in total. The van der Waals surface area contributed by atoms with Crippen molar-refractivity contribution in [2.75, 3.05) is 6.61 Å². The maximum Gasteiger partial charge on any atom is 0.267 e. The zero-order chi connectivity index (χ0) is 27.0. The maximum absolute atomic E-state index is 13.4. The molecule has 1 N–H and O–H groups in total. The van der Waals surface area contributed by atoms with Gasteiger partial charge in [0, 0.05) is 0 Å². The van der Waals surface area contributed by atoms with Crippen LogP contribution in [0, 0.1) is 0 Å². The Morgan fingerprint density at radius 2 is 1.82 bits per heavy atom. The van der Waals surface area contributed by atoms with Gasteiger partial charge in [-0.1, -0.05) is 30.3 Å². The second-order valence-corrected chi connectivity index (χ2v) is 9.37. The second kappa shape index (κ2) is 12.2. The van der Waals surface area contributed by atoms with E-state index >= 15 is 0 Å². The molecule has 1 amide bonds. The van der Waals surface area contributed by atoms with Crippen LogP contribution in [-0.2, 0) is 11.3 Å². The summed E-state index contributed by atoms with van der Waals surface area (Å²) in [6, 6.07) is 25.5. The molecule has 196 valence electrons. The van der Waals surface area contributed by atoms with Crippen LogP contribution >= 0.6 is 11.8 Å². The number of phenolic OH excluding ortho intramolecular Hbond substituents is 1. The van der Waals surface area contributed by atoms with E-state index in [0.717, 1.165) is 11.3 Å². The van der Waals surface area contributed by atoms with Gasteiger partial charge in [-0.3, -0.25) is 9.69 Å². The molecule has 0 aliphatic carbocycles. The molecule has 4 aromatic rings. The number of para-hydroxylation sites is 1. The molecule has 39 heavy (non-hydrogen) atoms. The van der Waals surface area contributed by atoms with Gasteiger partial charge in [-0.05, 0) is 90.5 Å².